The fraction of sp³-hybridized carbons (Fsp3) is 0.462. The van der Waals surface area contributed by atoms with Gasteiger partial charge in [-0.25, -0.2) is 8.78 Å². The Morgan fingerprint density at radius 1 is 1.42 bits per heavy atom. The molecule has 1 aliphatic carbocycles. The highest BCUT2D eigenvalue weighted by molar-refractivity contribution is 6.33. The van der Waals surface area contributed by atoms with Crippen LogP contribution in [0.3, 0.4) is 0 Å². The van der Waals surface area contributed by atoms with Crippen LogP contribution in [0.5, 0.6) is 0 Å². The molecule has 0 saturated heterocycles. The van der Waals surface area contributed by atoms with Gasteiger partial charge in [-0.15, -0.1) is 0 Å². The summed E-state index contributed by atoms with van der Waals surface area (Å²) in [7, 11) is 0. The molecule has 0 unspecified atom stereocenters. The topological polar surface area (TPSA) is 55.1 Å². The minimum absolute atomic E-state index is 0.152. The van der Waals surface area contributed by atoms with Gasteiger partial charge < -0.3 is 11.1 Å². The van der Waals surface area contributed by atoms with Crippen molar-refractivity contribution in [2.75, 3.05) is 11.9 Å². The summed E-state index contributed by atoms with van der Waals surface area (Å²) in [6, 6.07) is 1.64. The molecule has 3 nitrogen and oxygen atoms in total. The summed E-state index contributed by atoms with van der Waals surface area (Å²) in [6.07, 6.45) is 3.08. The maximum Gasteiger partial charge on any atom is 0.225 e. The van der Waals surface area contributed by atoms with E-state index in [0.717, 1.165) is 25.3 Å². The summed E-state index contributed by atoms with van der Waals surface area (Å²) < 4.78 is 26.4. The van der Waals surface area contributed by atoms with E-state index in [0.29, 0.717) is 12.6 Å². The predicted octanol–water partition coefficient (Wildman–Crippen LogP) is 3.08. The van der Waals surface area contributed by atoms with Gasteiger partial charge in [-0.05, 0) is 30.9 Å². The molecule has 1 amide bonds. The maximum absolute atomic E-state index is 13.5. The number of benzene rings is 1. The second-order valence-corrected chi connectivity index (χ2v) is 5.43. The zero-order valence-electron chi connectivity index (χ0n) is 10.3. The van der Waals surface area contributed by atoms with Crippen LogP contribution in [0.4, 0.5) is 14.5 Å². The lowest BCUT2D eigenvalue weighted by atomic mass is 9.66. The van der Waals surface area contributed by atoms with E-state index >= 15 is 0 Å². The van der Waals surface area contributed by atoms with E-state index in [4.69, 9.17) is 17.3 Å². The molecule has 6 heteroatoms. The molecule has 0 radical (unpaired) electrons. The Hall–Kier alpha value is -1.20. The lowest BCUT2D eigenvalue weighted by Crippen LogP contribution is -2.40. The lowest BCUT2D eigenvalue weighted by Gasteiger charge is -2.40. The molecule has 1 aliphatic rings. The molecule has 2 rings (SSSR count). The van der Waals surface area contributed by atoms with Crippen LogP contribution in [-0.4, -0.2) is 12.5 Å². The third-order valence-corrected chi connectivity index (χ3v) is 3.95. The van der Waals surface area contributed by atoms with E-state index < -0.39 is 11.6 Å². The van der Waals surface area contributed by atoms with Crippen LogP contribution in [0.2, 0.25) is 5.02 Å². The van der Waals surface area contributed by atoms with Gasteiger partial charge in [0.15, 0.2) is 5.82 Å². The first kappa shape index (κ1) is 14.2. The number of carbonyl (C=O) groups is 1. The second-order valence-electron chi connectivity index (χ2n) is 5.03. The highest BCUT2D eigenvalue weighted by Crippen LogP contribution is 2.43. The molecular weight excluding hydrogens is 274 g/mol. The molecule has 0 heterocycles. The molecule has 3 N–H and O–H groups in total. The summed E-state index contributed by atoms with van der Waals surface area (Å²) in [4.78, 5) is 11.9. The molecule has 1 fully saturated rings. The number of anilines is 1. The van der Waals surface area contributed by atoms with Crippen LogP contribution in [0, 0.1) is 17.0 Å². The first-order valence-corrected chi connectivity index (χ1v) is 6.48. The van der Waals surface area contributed by atoms with Crippen molar-refractivity contribution in [3.63, 3.8) is 0 Å². The Kier molecular flexibility index (Phi) is 4.06. The molecule has 19 heavy (non-hydrogen) atoms. The number of hydrogen-bond donors (Lipinski definition) is 2. The van der Waals surface area contributed by atoms with Gasteiger partial charge in [-0.1, -0.05) is 18.0 Å². The van der Waals surface area contributed by atoms with Gasteiger partial charge in [0.2, 0.25) is 5.91 Å². The predicted molar refractivity (Wildman–Crippen MR) is 70.0 cm³/mol. The first-order chi connectivity index (χ1) is 8.96. The first-order valence-electron chi connectivity index (χ1n) is 6.10. The molecular formula is C13H15ClF2N2O. The minimum Gasteiger partial charge on any atom is -0.330 e. The van der Waals surface area contributed by atoms with Crippen LogP contribution >= 0.6 is 11.6 Å². The molecule has 0 bridgehead atoms. The van der Waals surface area contributed by atoms with Crippen LogP contribution in [-0.2, 0) is 4.79 Å². The van der Waals surface area contributed by atoms with E-state index in [9.17, 15) is 13.6 Å². The summed E-state index contributed by atoms with van der Waals surface area (Å²) in [6.45, 7) is 0.431. The highest BCUT2D eigenvalue weighted by atomic mass is 35.5. The molecule has 0 aromatic heterocycles. The fourth-order valence-corrected chi connectivity index (χ4v) is 2.56. The largest absolute Gasteiger partial charge is 0.330 e. The quantitative estimate of drug-likeness (QED) is 0.894. The Morgan fingerprint density at radius 2 is 2.11 bits per heavy atom. The molecule has 1 aromatic carbocycles. The molecule has 0 spiro atoms. The summed E-state index contributed by atoms with van der Waals surface area (Å²) in [5, 5.41) is 2.24. The van der Waals surface area contributed by atoms with Crippen molar-refractivity contribution in [2.24, 2.45) is 11.1 Å². The number of carbonyl (C=O) groups excluding carboxylic acids is 1. The number of amides is 1. The lowest BCUT2D eigenvalue weighted by molar-refractivity contribution is -0.119. The molecule has 1 saturated carbocycles. The van der Waals surface area contributed by atoms with Gasteiger partial charge in [0.05, 0.1) is 10.7 Å². The fourth-order valence-electron chi connectivity index (χ4n) is 2.32. The van der Waals surface area contributed by atoms with Gasteiger partial charge in [0.25, 0.3) is 0 Å². The Bertz CT molecular complexity index is 475. The number of halogens is 3. The minimum atomic E-state index is -0.881. The van der Waals surface area contributed by atoms with Gasteiger partial charge in [0, 0.05) is 12.5 Å². The van der Waals surface area contributed by atoms with Gasteiger partial charge in [-0.2, -0.15) is 0 Å². The molecule has 1 aromatic rings. The smallest absolute Gasteiger partial charge is 0.225 e. The zero-order valence-corrected chi connectivity index (χ0v) is 11.1. The van der Waals surface area contributed by atoms with Gasteiger partial charge in [-0.3, -0.25) is 4.79 Å². The number of hydrogen-bond acceptors (Lipinski definition) is 2. The van der Waals surface area contributed by atoms with Crippen molar-refractivity contribution >= 4 is 23.2 Å². The van der Waals surface area contributed by atoms with Crippen LogP contribution < -0.4 is 11.1 Å². The second kappa shape index (κ2) is 5.43. The van der Waals surface area contributed by atoms with E-state index in [1.54, 1.807) is 0 Å². The van der Waals surface area contributed by atoms with Crippen LogP contribution in [0.1, 0.15) is 25.7 Å². The SMILES string of the molecule is NCC1(CC(=O)Nc2c(F)cc(F)cc2Cl)CCC1. The van der Waals surface area contributed by atoms with Gasteiger partial charge >= 0.3 is 0 Å². The van der Waals surface area contributed by atoms with Crippen molar-refractivity contribution in [1.29, 1.82) is 0 Å². The molecule has 104 valence electrons. The highest BCUT2D eigenvalue weighted by Gasteiger charge is 2.37. The standard InChI is InChI=1S/C13H15ClF2N2O/c14-9-4-8(15)5-10(16)12(9)18-11(19)6-13(7-17)2-1-3-13/h4-5H,1-3,6-7,17H2,(H,18,19). The molecule has 0 aliphatic heterocycles. The Morgan fingerprint density at radius 3 is 2.58 bits per heavy atom. The Balaban J connectivity index is 2.07. The monoisotopic (exact) mass is 288 g/mol. The van der Waals surface area contributed by atoms with Crippen molar-refractivity contribution in [3.8, 4) is 0 Å². The van der Waals surface area contributed by atoms with E-state index in [2.05, 4.69) is 5.32 Å². The summed E-state index contributed by atoms with van der Waals surface area (Å²) in [5.74, 6) is -2.01. The van der Waals surface area contributed by atoms with Crippen molar-refractivity contribution in [1.82, 2.24) is 0 Å². The third kappa shape index (κ3) is 3.04. The van der Waals surface area contributed by atoms with Crippen molar-refractivity contribution < 1.29 is 13.6 Å². The molecule has 0 atom stereocenters. The normalized spacial score (nSPS) is 16.8. The van der Waals surface area contributed by atoms with Crippen LogP contribution in [0.25, 0.3) is 0 Å². The van der Waals surface area contributed by atoms with E-state index in [1.165, 1.54) is 0 Å². The van der Waals surface area contributed by atoms with E-state index in [-0.39, 0.29) is 28.5 Å². The Labute approximate surface area is 115 Å². The number of nitrogens with two attached hydrogens (primary N) is 1. The van der Waals surface area contributed by atoms with Gasteiger partial charge in [0.1, 0.15) is 5.82 Å². The third-order valence-electron chi connectivity index (χ3n) is 3.65. The summed E-state index contributed by atoms with van der Waals surface area (Å²) >= 11 is 5.71. The number of nitrogens with one attached hydrogen (secondary N) is 1. The van der Waals surface area contributed by atoms with Crippen molar-refractivity contribution in [2.45, 2.75) is 25.7 Å². The maximum atomic E-state index is 13.5. The van der Waals surface area contributed by atoms with Crippen LogP contribution in [0.15, 0.2) is 12.1 Å². The average Bonchev–Trinajstić information content (AvgIpc) is 2.28. The number of rotatable bonds is 4. The average molecular weight is 289 g/mol. The zero-order chi connectivity index (χ0) is 14.0. The van der Waals surface area contributed by atoms with E-state index in [1.807, 2.05) is 0 Å². The van der Waals surface area contributed by atoms with Crippen molar-refractivity contribution in [3.05, 3.63) is 28.8 Å². The summed E-state index contributed by atoms with van der Waals surface area (Å²) in [5.41, 5.74) is 5.31.